The van der Waals surface area contributed by atoms with Gasteiger partial charge >= 0.3 is 0 Å². The minimum Gasteiger partial charge on any atom is -0.507 e. The molecule has 0 bridgehead atoms. The fourth-order valence-corrected chi connectivity index (χ4v) is 1.71. The van der Waals surface area contributed by atoms with Gasteiger partial charge in [-0.15, -0.1) is 0 Å². The lowest BCUT2D eigenvalue weighted by Gasteiger charge is -2.01. The summed E-state index contributed by atoms with van der Waals surface area (Å²) in [6, 6.07) is 9.67. The second-order valence-electron chi connectivity index (χ2n) is 4.21. The van der Waals surface area contributed by atoms with Crippen LogP contribution in [0.3, 0.4) is 0 Å². The standard InChI is InChI=1S/C14H10ClN3O4/c15-11-3-1-9(2-4-11)14(20)17-16-8-10-7-12(18(21)22)5-6-13(10)19/h1-8,19H,(H,17,20). The number of carbonyl (C=O) groups excluding carboxylic acids is 1. The van der Waals surface area contributed by atoms with Crippen LogP contribution < -0.4 is 5.43 Å². The molecule has 7 nitrogen and oxygen atoms in total. The van der Waals surface area contributed by atoms with Crippen molar-refractivity contribution in [3.05, 3.63) is 68.7 Å². The summed E-state index contributed by atoms with van der Waals surface area (Å²) in [5.74, 6) is -0.659. The lowest BCUT2D eigenvalue weighted by Crippen LogP contribution is -2.17. The van der Waals surface area contributed by atoms with E-state index in [0.717, 1.165) is 12.3 Å². The van der Waals surface area contributed by atoms with Crippen molar-refractivity contribution in [2.24, 2.45) is 5.10 Å². The summed E-state index contributed by atoms with van der Waals surface area (Å²) in [6.07, 6.45) is 1.12. The number of nitrogens with zero attached hydrogens (tertiary/aromatic N) is 2. The molecule has 112 valence electrons. The number of nitrogens with one attached hydrogen (secondary N) is 1. The topological polar surface area (TPSA) is 105 Å². The molecule has 2 aromatic rings. The third-order valence-corrected chi connectivity index (χ3v) is 2.95. The van der Waals surface area contributed by atoms with Crippen molar-refractivity contribution in [1.82, 2.24) is 5.43 Å². The molecule has 2 aromatic carbocycles. The molecule has 0 spiro atoms. The third-order valence-electron chi connectivity index (χ3n) is 2.70. The number of hydrogen-bond donors (Lipinski definition) is 2. The summed E-state index contributed by atoms with van der Waals surface area (Å²) in [7, 11) is 0. The number of nitro groups is 1. The van der Waals surface area contributed by atoms with E-state index >= 15 is 0 Å². The van der Waals surface area contributed by atoms with Crippen LogP contribution >= 0.6 is 11.6 Å². The van der Waals surface area contributed by atoms with Crippen molar-refractivity contribution in [3.63, 3.8) is 0 Å². The van der Waals surface area contributed by atoms with E-state index in [0.29, 0.717) is 10.6 Å². The van der Waals surface area contributed by atoms with Crippen molar-refractivity contribution in [1.29, 1.82) is 0 Å². The number of hydrogen-bond acceptors (Lipinski definition) is 5. The molecule has 0 aliphatic rings. The van der Waals surface area contributed by atoms with Crippen molar-refractivity contribution in [3.8, 4) is 5.75 Å². The summed E-state index contributed by atoms with van der Waals surface area (Å²) in [5.41, 5.74) is 2.53. The van der Waals surface area contributed by atoms with E-state index < -0.39 is 10.8 Å². The van der Waals surface area contributed by atoms with Crippen molar-refractivity contribution in [2.75, 3.05) is 0 Å². The van der Waals surface area contributed by atoms with Gasteiger partial charge in [0.05, 0.1) is 11.1 Å². The first-order chi connectivity index (χ1) is 10.5. The molecule has 0 aliphatic carbocycles. The van der Waals surface area contributed by atoms with Gasteiger partial charge in [-0.3, -0.25) is 14.9 Å². The maximum Gasteiger partial charge on any atom is 0.271 e. The molecule has 0 fully saturated rings. The zero-order valence-corrected chi connectivity index (χ0v) is 11.8. The van der Waals surface area contributed by atoms with E-state index in [1.54, 1.807) is 12.1 Å². The molecule has 0 radical (unpaired) electrons. The zero-order valence-electron chi connectivity index (χ0n) is 11.1. The molecule has 0 saturated heterocycles. The van der Waals surface area contributed by atoms with Gasteiger partial charge < -0.3 is 5.11 Å². The number of phenols is 1. The van der Waals surface area contributed by atoms with Gasteiger partial charge in [-0.2, -0.15) is 5.10 Å². The van der Waals surface area contributed by atoms with Crippen LogP contribution in [0.2, 0.25) is 5.02 Å². The normalized spacial score (nSPS) is 10.6. The molecule has 0 aliphatic heterocycles. The molecule has 2 rings (SSSR count). The van der Waals surface area contributed by atoms with E-state index in [9.17, 15) is 20.0 Å². The van der Waals surface area contributed by atoms with Gasteiger partial charge in [-0.1, -0.05) is 11.6 Å². The van der Waals surface area contributed by atoms with Crippen LogP contribution in [0.15, 0.2) is 47.6 Å². The van der Waals surface area contributed by atoms with Gasteiger partial charge in [0.2, 0.25) is 0 Å². The van der Waals surface area contributed by atoms with E-state index in [2.05, 4.69) is 10.5 Å². The number of halogens is 1. The molecule has 0 aromatic heterocycles. The lowest BCUT2D eigenvalue weighted by molar-refractivity contribution is -0.384. The molecule has 8 heteroatoms. The molecule has 22 heavy (non-hydrogen) atoms. The second kappa shape index (κ2) is 6.68. The Morgan fingerprint density at radius 2 is 1.95 bits per heavy atom. The zero-order chi connectivity index (χ0) is 16.1. The van der Waals surface area contributed by atoms with Crippen LogP contribution in [0.5, 0.6) is 5.75 Å². The number of phenolic OH excluding ortho intramolecular Hbond substituents is 1. The SMILES string of the molecule is O=C(NN=Cc1cc([N+](=O)[O-])ccc1O)c1ccc(Cl)cc1. The van der Waals surface area contributed by atoms with Crippen LogP contribution in [0, 0.1) is 10.1 Å². The number of non-ortho nitro benzene ring substituents is 1. The highest BCUT2D eigenvalue weighted by atomic mass is 35.5. The fourth-order valence-electron chi connectivity index (χ4n) is 1.59. The first kappa shape index (κ1) is 15.5. The van der Waals surface area contributed by atoms with Gasteiger partial charge in [0.15, 0.2) is 0 Å². The minimum atomic E-state index is -0.594. The first-order valence-corrected chi connectivity index (χ1v) is 6.41. The van der Waals surface area contributed by atoms with Gasteiger partial charge in [0.1, 0.15) is 5.75 Å². The van der Waals surface area contributed by atoms with Crippen LogP contribution in [-0.4, -0.2) is 22.2 Å². The van der Waals surface area contributed by atoms with Crippen LogP contribution in [0.4, 0.5) is 5.69 Å². The van der Waals surface area contributed by atoms with Gasteiger partial charge in [-0.25, -0.2) is 5.43 Å². The highest BCUT2D eigenvalue weighted by Crippen LogP contribution is 2.21. The predicted molar refractivity (Wildman–Crippen MR) is 81.3 cm³/mol. The summed E-state index contributed by atoms with van der Waals surface area (Å²) in [5, 5.41) is 24.4. The number of aromatic hydroxyl groups is 1. The number of benzene rings is 2. The summed E-state index contributed by atoms with van der Waals surface area (Å²) in [6.45, 7) is 0. The molecule has 0 saturated carbocycles. The Bertz CT molecular complexity index is 744. The number of carbonyl (C=O) groups is 1. The summed E-state index contributed by atoms with van der Waals surface area (Å²) < 4.78 is 0. The number of nitro benzene ring substituents is 1. The molecular weight excluding hydrogens is 310 g/mol. The minimum absolute atomic E-state index is 0.116. The van der Waals surface area contributed by atoms with Crippen molar-refractivity contribution >= 4 is 29.4 Å². The van der Waals surface area contributed by atoms with Gasteiger partial charge in [0.25, 0.3) is 11.6 Å². The average Bonchev–Trinajstić information content (AvgIpc) is 2.49. The third kappa shape index (κ3) is 3.80. The maximum atomic E-state index is 11.8. The second-order valence-corrected chi connectivity index (χ2v) is 4.64. The van der Waals surface area contributed by atoms with E-state index in [1.807, 2.05) is 0 Å². The highest BCUT2D eigenvalue weighted by molar-refractivity contribution is 6.30. The predicted octanol–water partition coefficient (Wildman–Crippen LogP) is 2.72. The van der Waals surface area contributed by atoms with E-state index in [4.69, 9.17) is 11.6 Å². The molecule has 0 atom stereocenters. The Labute approximate surface area is 130 Å². The maximum absolute atomic E-state index is 11.8. The highest BCUT2D eigenvalue weighted by Gasteiger charge is 2.09. The molecular formula is C14H10ClN3O4. The van der Waals surface area contributed by atoms with Crippen LogP contribution in [-0.2, 0) is 0 Å². The largest absolute Gasteiger partial charge is 0.507 e. The summed E-state index contributed by atoms with van der Waals surface area (Å²) in [4.78, 5) is 21.8. The Kier molecular flexibility index (Phi) is 4.70. The quantitative estimate of drug-likeness (QED) is 0.513. The molecule has 0 unspecified atom stereocenters. The van der Waals surface area contributed by atoms with E-state index in [1.165, 1.54) is 24.3 Å². The van der Waals surface area contributed by atoms with Gasteiger partial charge in [-0.05, 0) is 30.3 Å². The van der Waals surface area contributed by atoms with Gasteiger partial charge in [0, 0.05) is 28.3 Å². The number of hydrazone groups is 1. The monoisotopic (exact) mass is 319 g/mol. The Hall–Kier alpha value is -2.93. The molecule has 2 N–H and O–H groups in total. The summed E-state index contributed by atoms with van der Waals surface area (Å²) >= 11 is 5.71. The molecule has 1 amide bonds. The number of rotatable bonds is 4. The first-order valence-electron chi connectivity index (χ1n) is 6.04. The lowest BCUT2D eigenvalue weighted by atomic mass is 10.2. The fraction of sp³-hybridized carbons (Fsp3) is 0. The number of amides is 1. The Balaban J connectivity index is 2.09. The van der Waals surface area contributed by atoms with Crippen LogP contribution in [0.1, 0.15) is 15.9 Å². The van der Waals surface area contributed by atoms with Crippen molar-refractivity contribution in [2.45, 2.75) is 0 Å². The average molecular weight is 320 g/mol. The Morgan fingerprint density at radius 3 is 2.59 bits per heavy atom. The molecule has 0 heterocycles. The van der Waals surface area contributed by atoms with E-state index in [-0.39, 0.29) is 17.0 Å². The van der Waals surface area contributed by atoms with Crippen LogP contribution in [0.25, 0.3) is 0 Å². The van der Waals surface area contributed by atoms with Crippen molar-refractivity contribution < 1.29 is 14.8 Å². The Morgan fingerprint density at radius 1 is 1.27 bits per heavy atom. The smallest absolute Gasteiger partial charge is 0.271 e.